The summed E-state index contributed by atoms with van der Waals surface area (Å²) in [7, 11) is 0. The van der Waals surface area contributed by atoms with Crippen molar-refractivity contribution < 1.29 is 14.6 Å². The van der Waals surface area contributed by atoms with Gasteiger partial charge >= 0.3 is 0 Å². The zero-order chi connectivity index (χ0) is 18.0. The topological polar surface area (TPSA) is 70.6 Å². The Morgan fingerprint density at radius 1 is 1.23 bits per heavy atom. The van der Waals surface area contributed by atoms with Crippen molar-refractivity contribution in [1.29, 1.82) is 0 Å². The van der Waals surface area contributed by atoms with Crippen LogP contribution in [-0.2, 0) is 12.0 Å². The predicted molar refractivity (Wildman–Crippen MR) is 99.3 cm³/mol. The average Bonchev–Trinajstić information content (AvgIpc) is 2.70. The molecule has 5 nitrogen and oxygen atoms in total. The van der Waals surface area contributed by atoms with Crippen molar-refractivity contribution in [2.75, 3.05) is 19.7 Å². The maximum atomic E-state index is 13.0. The maximum absolute atomic E-state index is 13.0. The van der Waals surface area contributed by atoms with Crippen LogP contribution in [0.15, 0.2) is 48.5 Å². The third-order valence-electron chi connectivity index (χ3n) is 5.40. The number of hydrogen-bond acceptors (Lipinski definition) is 4. The molecule has 0 saturated carbocycles. The first-order valence-corrected chi connectivity index (χ1v) is 9.21. The minimum Gasteiger partial charge on any atom is -0.493 e. The van der Waals surface area contributed by atoms with E-state index in [1.165, 1.54) is 0 Å². The van der Waals surface area contributed by atoms with Crippen LogP contribution in [0.25, 0.3) is 0 Å². The first kappa shape index (κ1) is 17.1. The predicted octanol–water partition coefficient (Wildman–Crippen LogP) is 1.99. The highest BCUT2D eigenvalue weighted by Crippen LogP contribution is 2.32. The van der Waals surface area contributed by atoms with Crippen molar-refractivity contribution in [2.45, 2.75) is 30.9 Å². The first-order chi connectivity index (χ1) is 12.7. The molecule has 0 radical (unpaired) electrons. The summed E-state index contributed by atoms with van der Waals surface area (Å²) in [5.41, 5.74) is 1.83. The fourth-order valence-corrected chi connectivity index (χ4v) is 3.93. The van der Waals surface area contributed by atoms with Gasteiger partial charge in [0, 0.05) is 12.1 Å². The van der Waals surface area contributed by atoms with E-state index in [0.717, 1.165) is 42.9 Å². The molecule has 2 aliphatic heterocycles. The third-order valence-corrected chi connectivity index (χ3v) is 5.40. The van der Waals surface area contributed by atoms with Gasteiger partial charge < -0.3 is 20.5 Å². The molecule has 5 heteroatoms. The Labute approximate surface area is 153 Å². The smallest absolute Gasteiger partial charge is 0.252 e. The molecule has 2 aromatic carbocycles. The van der Waals surface area contributed by atoms with Crippen LogP contribution in [0.4, 0.5) is 0 Å². The van der Waals surface area contributed by atoms with Crippen molar-refractivity contribution in [3.8, 4) is 5.75 Å². The molecule has 1 saturated heterocycles. The van der Waals surface area contributed by atoms with Crippen LogP contribution in [-0.4, -0.2) is 36.8 Å². The Morgan fingerprint density at radius 2 is 2.08 bits per heavy atom. The van der Waals surface area contributed by atoms with E-state index in [2.05, 4.69) is 10.6 Å². The number of benzene rings is 2. The molecule has 3 N–H and O–H groups in total. The van der Waals surface area contributed by atoms with E-state index in [-0.39, 0.29) is 5.91 Å². The summed E-state index contributed by atoms with van der Waals surface area (Å²) >= 11 is 0. The fourth-order valence-electron chi connectivity index (χ4n) is 3.93. The second-order valence-corrected chi connectivity index (χ2v) is 7.04. The first-order valence-electron chi connectivity index (χ1n) is 9.21. The number of carbonyl (C=O) groups excluding carboxylic acids is 1. The van der Waals surface area contributed by atoms with Crippen LogP contribution in [0.5, 0.6) is 5.75 Å². The van der Waals surface area contributed by atoms with Gasteiger partial charge in [0.25, 0.3) is 5.91 Å². The largest absolute Gasteiger partial charge is 0.493 e. The van der Waals surface area contributed by atoms with Gasteiger partial charge in [-0.2, -0.15) is 0 Å². The molecule has 0 spiro atoms. The second kappa shape index (κ2) is 7.09. The van der Waals surface area contributed by atoms with E-state index in [9.17, 15) is 9.90 Å². The quantitative estimate of drug-likeness (QED) is 0.790. The molecular formula is C21H24N2O3. The Kier molecular flexibility index (Phi) is 4.66. The SMILES string of the molecule is O=C(N[C@@]1(c2ccccc2)CCNC[C@H]1O)c1ccc2c(c1)CCCO2. The second-order valence-electron chi connectivity index (χ2n) is 7.04. The number of aryl methyl sites for hydroxylation is 1. The van der Waals surface area contributed by atoms with Gasteiger partial charge in [-0.05, 0) is 55.1 Å². The standard InChI is InChI=1S/C21H24N2O3/c24-19-14-22-11-10-21(19,17-6-2-1-3-7-17)23-20(25)16-8-9-18-15(13-16)5-4-12-26-18/h1-3,6-9,13,19,22,24H,4-5,10-12,14H2,(H,23,25)/t19-,21-/m1/s1. The van der Waals surface area contributed by atoms with E-state index in [1.54, 1.807) is 6.07 Å². The number of aliphatic hydroxyl groups excluding tert-OH is 1. The highest BCUT2D eigenvalue weighted by atomic mass is 16.5. The Balaban J connectivity index is 1.65. The summed E-state index contributed by atoms with van der Waals surface area (Å²) in [6, 6.07) is 15.3. The molecule has 2 atom stereocenters. The zero-order valence-electron chi connectivity index (χ0n) is 14.7. The molecular weight excluding hydrogens is 328 g/mol. The zero-order valence-corrected chi connectivity index (χ0v) is 14.7. The molecule has 2 aliphatic rings. The lowest BCUT2D eigenvalue weighted by atomic mass is 9.79. The van der Waals surface area contributed by atoms with Crippen molar-refractivity contribution in [3.63, 3.8) is 0 Å². The average molecular weight is 352 g/mol. The van der Waals surface area contributed by atoms with Crippen molar-refractivity contribution in [1.82, 2.24) is 10.6 Å². The van der Waals surface area contributed by atoms with Gasteiger partial charge in [-0.1, -0.05) is 30.3 Å². The lowest BCUT2D eigenvalue weighted by molar-refractivity contribution is 0.0289. The lowest BCUT2D eigenvalue weighted by Crippen LogP contribution is -2.61. The molecule has 1 amide bonds. The number of nitrogens with one attached hydrogen (secondary N) is 2. The molecule has 2 aromatic rings. The molecule has 136 valence electrons. The van der Waals surface area contributed by atoms with E-state index in [1.807, 2.05) is 42.5 Å². The minimum absolute atomic E-state index is 0.164. The number of β-amino-alcohol motifs (C(OH)–C–C–N with tert-alkyl or cyclic N) is 1. The van der Waals surface area contributed by atoms with Crippen LogP contribution in [0.1, 0.15) is 34.3 Å². The summed E-state index contributed by atoms with van der Waals surface area (Å²) < 4.78 is 5.63. The molecule has 0 unspecified atom stereocenters. The Morgan fingerprint density at radius 3 is 2.88 bits per heavy atom. The molecule has 0 bridgehead atoms. The van der Waals surface area contributed by atoms with Crippen LogP contribution in [0.2, 0.25) is 0 Å². The highest BCUT2D eigenvalue weighted by Gasteiger charge is 2.42. The number of aliphatic hydroxyl groups is 1. The molecule has 26 heavy (non-hydrogen) atoms. The summed E-state index contributed by atoms with van der Waals surface area (Å²) in [6.45, 7) is 1.92. The summed E-state index contributed by atoms with van der Waals surface area (Å²) in [5, 5.41) is 17.1. The number of carbonyl (C=O) groups is 1. The third kappa shape index (κ3) is 3.08. The number of hydrogen-bond donors (Lipinski definition) is 3. The van der Waals surface area contributed by atoms with Crippen LogP contribution in [0, 0.1) is 0 Å². The highest BCUT2D eigenvalue weighted by molar-refractivity contribution is 5.95. The van der Waals surface area contributed by atoms with Crippen LogP contribution >= 0.6 is 0 Å². The minimum atomic E-state index is -0.782. The molecule has 1 fully saturated rings. The molecule has 2 heterocycles. The van der Waals surface area contributed by atoms with Gasteiger partial charge in [-0.15, -0.1) is 0 Å². The van der Waals surface area contributed by atoms with Gasteiger partial charge in [0.1, 0.15) is 5.75 Å². The molecule has 4 rings (SSSR count). The molecule has 0 aromatic heterocycles. The monoisotopic (exact) mass is 352 g/mol. The van der Waals surface area contributed by atoms with Gasteiger partial charge in [-0.3, -0.25) is 4.79 Å². The number of piperidine rings is 1. The number of rotatable bonds is 3. The summed E-state index contributed by atoms with van der Waals surface area (Å²) in [5.74, 6) is 0.704. The molecule has 0 aliphatic carbocycles. The van der Waals surface area contributed by atoms with Crippen LogP contribution < -0.4 is 15.4 Å². The van der Waals surface area contributed by atoms with Crippen molar-refractivity contribution in [3.05, 3.63) is 65.2 Å². The van der Waals surface area contributed by atoms with Crippen LogP contribution in [0.3, 0.4) is 0 Å². The van der Waals surface area contributed by atoms with Crippen molar-refractivity contribution in [2.24, 2.45) is 0 Å². The fraction of sp³-hybridized carbons (Fsp3) is 0.381. The van der Waals surface area contributed by atoms with E-state index in [0.29, 0.717) is 18.5 Å². The van der Waals surface area contributed by atoms with E-state index in [4.69, 9.17) is 4.74 Å². The maximum Gasteiger partial charge on any atom is 0.252 e. The Bertz CT molecular complexity index is 793. The number of ether oxygens (including phenoxy) is 1. The van der Waals surface area contributed by atoms with E-state index < -0.39 is 11.6 Å². The van der Waals surface area contributed by atoms with Gasteiger partial charge in [0.15, 0.2) is 0 Å². The van der Waals surface area contributed by atoms with Gasteiger partial charge in [0.05, 0.1) is 18.2 Å². The van der Waals surface area contributed by atoms with Gasteiger partial charge in [-0.25, -0.2) is 0 Å². The number of fused-ring (bicyclic) bond motifs is 1. The number of amides is 1. The lowest BCUT2D eigenvalue weighted by Gasteiger charge is -2.43. The summed E-state index contributed by atoms with van der Waals surface area (Å²) in [6.07, 6.45) is 1.84. The van der Waals surface area contributed by atoms with Crippen molar-refractivity contribution >= 4 is 5.91 Å². The Hall–Kier alpha value is -2.37. The normalized spacial score (nSPS) is 25.0. The summed E-state index contributed by atoms with van der Waals surface area (Å²) in [4.78, 5) is 13.0. The van der Waals surface area contributed by atoms with E-state index >= 15 is 0 Å². The van der Waals surface area contributed by atoms with Gasteiger partial charge in [0.2, 0.25) is 0 Å².